The van der Waals surface area contributed by atoms with Crippen molar-refractivity contribution in [2.75, 3.05) is 13.3 Å². The summed E-state index contributed by atoms with van der Waals surface area (Å²) in [4.78, 5) is 0. The molecule has 1 unspecified atom stereocenters. The number of hydrogen-bond acceptors (Lipinski definition) is 4. The molecule has 0 aromatic heterocycles. The molecule has 0 saturated carbocycles. The zero-order valence-electron chi connectivity index (χ0n) is 8.62. The third-order valence-electron chi connectivity index (χ3n) is 2.61. The van der Waals surface area contributed by atoms with Crippen LogP contribution in [0.4, 0.5) is 13.2 Å². The Morgan fingerprint density at radius 2 is 1.88 bits per heavy atom. The largest absolute Gasteiger partial charge is 0.454 e. The van der Waals surface area contributed by atoms with Crippen LogP contribution in [0.15, 0.2) is 18.2 Å². The lowest BCUT2D eigenvalue weighted by Gasteiger charge is -2.29. The van der Waals surface area contributed by atoms with Crippen molar-refractivity contribution < 1.29 is 27.8 Å². The summed E-state index contributed by atoms with van der Waals surface area (Å²) in [6.07, 6.45) is -4.85. The first kappa shape index (κ1) is 12.0. The highest BCUT2D eigenvalue weighted by molar-refractivity contribution is 5.46. The van der Waals surface area contributed by atoms with Crippen molar-refractivity contribution in [1.29, 1.82) is 0 Å². The first-order valence-electron chi connectivity index (χ1n) is 4.78. The Labute approximate surface area is 94.7 Å². The molecule has 0 amide bonds. The summed E-state index contributed by atoms with van der Waals surface area (Å²) in [6.45, 7) is -1.01. The van der Waals surface area contributed by atoms with Crippen molar-refractivity contribution in [3.8, 4) is 11.5 Å². The van der Waals surface area contributed by atoms with E-state index in [0.717, 1.165) is 12.1 Å². The topological polar surface area (TPSA) is 64.7 Å². The maximum absolute atomic E-state index is 12.7. The summed E-state index contributed by atoms with van der Waals surface area (Å²) in [5, 5.41) is 9.61. The average Bonchev–Trinajstić information content (AvgIpc) is 2.73. The second kappa shape index (κ2) is 3.78. The Morgan fingerprint density at radius 3 is 2.47 bits per heavy atom. The number of aliphatic hydroxyl groups is 1. The van der Waals surface area contributed by atoms with Crippen LogP contribution in [0, 0.1) is 0 Å². The van der Waals surface area contributed by atoms with E-state index in [4.69, 9.17) is 15.2 Å². The molecule has 0 spiro atoms. The highest BCUT2D eigenvalue weighted by Crippen LogP contribution is 2.42. The second-order valence-corrected chi connectivity index (χ2v) is 3.63. The van der Waals surface area contributed by atoms with Crippen LogP contribution >= 0.6 is 0 Å². The van der Waals surface area contributed by atoms with Crippen LogP contribution in [-0.2, 0) is 5.60 Å². The molecule has 0 saturated heterocycles. The van der Waals surface area contributed by atoms with E-state index in [1.807, 2.05) is 0 Å². The van der Waals surface area contributed by atoms with Crippen molar-refractivity contribution >= 4 is 0 Å². The molecule has 0 radical (unpaired) electrons. The van der Waals surface area contributed by atoms with Gasteiger partial charge in [-0.25, -0.2) is 0 Å². The number of fused-ring (bicyclic) bond motifs is 1. The Kier molecular flexibility index (Phi) is 2.67. The van der Waals surface area contributed by atoms with E-state index in [1.54, 1.807) is 0 Å². The van der Waals surface area contributed by atoms with E-state index < -0.39 is 18.3 Å². The minimum absolute atomic E-state index is 0.0497. The van der Waals surface area contributed by atoms with Gasteiger partial charge in [-0.1, -0.05) is 6.07 Å². The Bertz CT molecular complexity index is 435. The van der Waals surface area contributed by atoms with Crippen molar-refractivity contribution in [2.45, 2.75) is 11.8 Å². The van der Waals surface area contributed by atoms with E-state index in [1.165, 1.54) is 6.07 Å². The molecule has 0 fully saturated rings. The predicted molar refractivity (Wildman–Crippen MR) is 51.6 cm³/mol. The first-order valence-corrected chi connectivity index (χ1v) is 4.78. The molecule has 1 aromatic rings. The van der Waals surface area contributed by atoms with Crippen LogP contribution in [0.25, 0.3) is 0 Å². The van der Waals surface area contributed by atoms with Gasteiger partial charge in [0.1, 0.15) is 0 Å². The standard InChI is InChI=1S/C10H10F3NO3/c11-10(12,13)9(15,4-14)6-1-2-7-8(3-6)17-5-16-7/h1-3,15H,4-5,14H2. The first-order chi connectivity index (χ1) is 7.88. The van der Waals surface area contributed by atoms with Crippen molar-refractivity contribution in [3.05, 3.63) is 23.8 Å². The van der Waals surface area contributed by atoms with Gasteiger partial charge in [0.15, 0.2) is 17.1 Å². The van der Waals surface area contributed by atoms with Crippen LogP contribution in [0.3, 0.4) is 0 Å². The maximum Gasteiger partial charge on any atom is 0.422 e. The van der Waals surface area contributed by atoms with Crippen LogP contribution in [0.2, 0.25) is 0 Å². The SMILES string of the molecule is NCC(O)(c1ccc2c(c1)OCO2)C(F)(F)F. The molecule has 1 atom stereocenters. The number of rotatable bonds is 2. The Morgan fingerprint density at radius 1 is 1.24 bits per heavy atom. The fourth-order valence-corrected chi connectivity index (χ4v) is 1.55. The van der Waals surface area contributed by atoms with Gasteiger partial charge in [-0.05, 0) is 17.7 Å². The molecule has 4 nitrogen and oxygen atoms in total. The molecule has 1 aliphatic rings. The summed E-state index contributed by atoms with van der Waals surface area (Å²) in [7, 11) is 0. The van der Waals surface area contributed by atoms with Gasteiger partial charge in [0.2, 0.25) is 6.79 Å². The number of nitrogens with two attached hydrogens (primary N) is 1. The van der Waals surface area contributed by atoms with Crippen molar-refractivity contribution in [1.82, 2.24) is 0 Å². The predicted octanol–water partition coefficient (Wildman–Crippen LogP) is 1.12. The zero-order chi connectivity index (χ0) is 12.7. The monoisotopic (exact) mass is 249 g/mol. The van der Waals surface area contributed by atoms with Gasteiger partial charge < -0.3 is 20.3 Å². The molecule has 2 rings (SSSR count). The van der Waals surface area contributed by atoms with Crippen molar-refractivity contribution in [3.63, 3.8) is 0 Å². The molecule has 94 valence electrons. The molecule has 0 bridgehead atoms. The maximum atomic E-state index is 12.7. The van der Waals surface area contributed by atoms with Crippen LogP contribution in [0.1, 0.15) is 5.56 Å². The van der Waals surface area contributed by atoms with E-state index >= 15 is 0 Å². The normalized spacial score (nSPS) is 17.9. The molecule has 1 aromatic carbocycles. The molecule has 0 aliphatic carbocycles. The van der Waals surface area contributed by atoms with Crippen molar-refractivity contribution in [2.24, 2.45) is 5.73 Å². The summed E-state index contributed by atoms with van der Waals surface area (Å²) in [5.74, 6) is 0.508. The number of hydrogen-bond donors (Lipinski definition) is 2. The average molecular weight is 249 g/mol. The van der Waals surface area contributed by atoms with Gasteiger partial charge in [-0.3, -0.25) is 0 Å². The number of alkyl halides is 3. The van der Waals surface area contributed by atoms with Crippen LogP contribution in [-0.4, -0.2) is 24.6 Å². The zero-order valence-corrected chi connectivity index (χ0v) is 8.62. The van der Waals surface area contributed by atoms with Gasteiger partial charge in [0, 0.05) is 6.54 Å². The van der Waals surface area contributed by atoms with Gasteiger partial charge in [-0.2, -0.15) is 13.2 Å². The van der Waals surface area contributed by atoms with Crippen LogP contribution < -0.4 is 15.2 Å². The Balaban J connectivity index is 2.45. The summed E-state index contributed by atoms with van der Waals surface area (Å²) in [5.41, 5.74) is 1.59. The lowest BCUT2D eigenvalue weighted by atomic mass is 9.93. The van der Waals surface area contributed by atoms with Gasteiger partial charge in [0.05, 0.1) is 0 Å². The fraction of sp³-hybridized carbons (Fsp3) is 0.400. The molecule has 17 heavy (non-hydrogen) atoms. The lowest BCUT2D eigenvalue weighted by molar-refractivity contribution is -0.262. The number of benzene rings is 1. The molecular formula is C10H10F3NO3. The lowest BCUT2D eigenvalue weighted by Crippen LogP contribution is -2.48. The summed E-state index contributed by atoms with van der Waals surface area (Å²) >= 11 is 0. The van der Waals surface area contributed by atoms with E-state index in [2.05, 4.69) is 0 Å². The molecule has 1 aliphatic heterocycles. The Hall–Kier alpha value is -1.47. The third-order valence-corrected chi connectivity index (χ3v) is 2.61. The minimum atomic E-state index is -4.85. The highest BCUT2D eigenvalue weighted by Gasteiger charge is 2.54. The number of halogens is 3. The van der Waals surface area contributed by atoms with Crippen LogP contribution in [0.5, 0.6) is 11.5 Å². The minimum Gasteiger partial charge on any atom is -0.454 e. The van der Waals surface area contributed by atoms with E-state index in [0.29, 0.717) is 5.75 Å². The molecule has 7 heteroatoms. The summed E-state index contributed by atoms with van der Waals surface area (Å²) in [6, 6.07) is 3.51. The van der Waals surface area contributed by atoms with Gasteiger partial charge in [-0.15, -0.1) is 0 Å². The second-order valence-electron chi connectivity index (χ2n) is 3.63. The van der Waals surface area contributed by atoms with E-state index in [-0.39, 0.29) is 18.1 Å². The van der Waals surface area contributed by atoms with Gasteiger partial charge >= 0.3 is 6.18 Å². The quantitative estimate of drug-likeness (QED) is 0.824. The third kappa shape index (κ3) is 1.81. The number of ether oxygens (including phenoxy) is 2. The summed E-state index contributed by atoms with van der Waals surface area (Å²) < 4.78 is 48.1. The highest BCUT2D eigenvalue weighted by atomic mass is 19.4. The molecular weight excluding hydrogens is 239 g/mol. The molecule has 1 heterocycles. The van der Waals surface area contributed by atoms with Gasteiger partial charge in [0.25, 0.3) is 0 Å². The smallest absolute Gasteiger partial charge is 0.422 e. The molecule has 3 N–H and O–H groups in total. The van der Waals surface area contributed by atoms with E-state index in [9.17, 15) is 18.3 Å². The fourth-order valence-electron chi connectivity index (χ4n) is 1.55.